The first-order chi connectivity index (χ1) is 16.1. The predicted molar refractivity (Wildman–Crippen MR) is 118 cm³/mol. The van der Waals surface area contributed by atoms with E-state index >= 15 is 0 Å². The molecule has 2 aromatic rings. The second-order valence-electron chi connectivity index (χ2n) is 7.32. The van der Waals surface area contributed by atoms with Gasteiger partial charge in [-0.15, -0.1) is 13.2 Å². The maximum atomic E-state index is 12.3. The average molecular weight is 484 g/mol. The Kier molecular flexibility index (Phi) is 9.77. The van der Waals surface area contributed by atoms with Crippen LogP contribution in [0.15, 0.2) is 36.7 Å². The normalized spacial score (nSPS) is 13.7. The molecule has 0 bridgehead atoms. The number of urea groups is 1. The smallest absolute Gasteiger partial charge is 0.495 e. The highest BCUT2D eigenvalue weighted by atomic mass is 19.4. The Balaban J connectivity index is 0.000000310. The van der Waals surface area contributed by atoms with Crippen LogP contribution in [0.4, 0.5) is 23.7 Å². The highest BCUT2D eigenvalue weighted by Gasteiger charge is 2.31. The lowest BCUT2D eigenvalue weighted by Crippen LogP contribution is -2.39. The van der Waals surface area contributed by atoms with Gasteiger partial charge in [0.25, 0.3) is 0 Å². The van der Waals surface area contributed by atoms with Crippen LogP contribution < -0.4 is 30.6 Å². The van der Waals surface area contributed by atoms with E-state index in [2.05, 4.69) is 20.4 Å². The van der Waals surface area contributed by atoms with E-state index in [1.165, 1.54) is 38.7 Å². The highest BCUT2D eigenvalue weighted by molar-refractivity contribution is 5.92. The van der Waals surface area contributed by atoms with Crippen LogP contribution in [0.3, 0.4) is 0 Å². The van der Waals surface area contributed by atoms with Crippen molar-refractivity contribution in [1.29, 1.82) is 0 Å². The molecule has 1 aromatic heterocycles. The number of amides is 3. The van der Waals surface area contributed by atoms with Crippen LogP contribution in [0.2, 0.25) is 0 Å². The first-order valence-electron chi connectivity index (χ1n) is 10.4. The Morgan fingerprint density at radius 1 is 1.03 bits per heavy atom. The molecular formula is C22H27F3N4O5. The Labute approximate surface area is 194 Å². The summed E-state index contributed by atoms with van der Waals surface area (Å²) in [5.74, 6) is -0.151. The fraction of sp³-hybridized carbons (Fsp3) is 0.409. The van der Waals surface area contributed by atoms with Crippen molar-refractivity contribution in [3.8, 4) is 17.2 Å². The molecule has 0 unspecified atom stereocenters. The number of nitrogens with one attached hydrogen (secondary N) is 2. The molecule has 0 spiro atoms. The number of hydrogen-bond acceptors (Lipinski definition) is 6. The minimum Gasteiger partial charge on any atom is -0.495 e. The third kappa shape index (κ3) is 9.04. The molecule has 0 radical (unpaired) electrons. The number of ether oxygens (including phenoxy) is 3. The first-order valence-corrected chi connectivity index (χ1v) is 10.4. The standard InChI is InChI=1S/C15H19F3N2O3.C7H8N2O2/c1-22-13-8-7-11(23-15(16,17)18)9-12(13)20-14(21)19-10-5-3-2-4-6-10;1-11-6-2-5(7(8)10)3-9-4-6/h7-10H,2-6H2,1H3,(H2,19,20,21);2-4H,1H3,(H2,8,10). The van der Waals surface area contributed by atoms with Crippen LogP contribution in [0, 0.1) is 0 Å². The Bertz CT molecular complexity index is 966. The third-order valence-corrected chi connectivity index (χ3v) is 4.83. The zero-order valence-electron chi connectivity index (χ0n) is 18.8. The van der Waals surface area contributed by atoms with Crippen LogP contribution in [0.25, 0.3) is 0 Å². The molecule has 1 heterocycles. The third-order valence-electron chi connectivity index (χ3n) is 4.83. The van der Waals surface area contributed by atoms with Crippen molar-refractivity contribution in [3.05, 3.63) is 42.2 Å². The molecule has 3 amide bonds. The monoisotopic (exact) mass is 484 g/mol. The molecule has 4 N–H and O–H groups in total. The molecule has 186 valence electrons. The minimum atomic E-state index is -4.80. The lowest BCUT2D eigenvalue weighted by atomic mass is 9.96. The summed E-state index contributed by atoms with van der Waals surface area (Å²) < 4.78 is 50.5. The van der Waals surface area contributed by atoms with Crippen LogP contribution in [-0.2, 0) is 0 Å². The Morgan fingerprint density at radius 3 is 2.32 bits per heavy atom. The van der Waals surface area contributed by atoms with Crippen molar-refractivity contribution in [2.24, 2.45) is 5.73 Å². The molecule has 9 nitrogen and oxygen atoms in total. The molecule has 34 heavy (non-hydrogen) atoms. The van der Waals surface area contributed by atoms with Gasteiger partial charge >= 0.3 is 12.4 Å². The first kappa shape index (κ1) is 26.6. The van der Waals surface area contributed by atoms with Gasteiger partial charge in [0.15, 0.2) is 0 Å². The number of anilines is 1. The number of halogens is 3. The molecule has 0 saturated heterocycles. The number of alkyl halides is 3. The number of rotatable bonds is 6. The summed E-state index contributed by atoms with van der Waals surface area (Å²) in [4.78, 5) is 26.4. The summed E-state index contributed by atoms with van der Waals surface area (Å²) >= 11 is 0. The lowest BCUT2D eigenvalue weighted by Gasteiger charge is -2.23. The number of benzene rings is 1. The molecule has 1 aromatic carbocycles. The molecule has 12 heteroatoms. The molecule has 0 atom stereocenters. The number of aromatic nitrogens is 1. The quantitative estimate of drug-likeness (QED) is 0.563. The number of carbonyl (C=O) groups excluding carboxylic acids is 2. The number of methoxy groups -OCH3 is 2. The summed E-state index contributed by atoms with van der Waals surface area (Å²) in [5.41, 5.74) is 5.47. The van der Waals surface area contributed by atoms with Crippen molar-refractivity contribution < 1.29 is 37.0 Å². The van der Waals surface area contributed by atoms with Crippen molar-refractivity contribution >= 4 is 17.6 Å². The number of pyridine rings is 1. The van der Waals surface area contributed by atoms with Gasteiger partial charge in [-0.2, -0.15) is 0 Å². The van der Waals surface area contributed by atoms with Gasteiger partial charge in [-0.05, 0) is 31.0 Å². The van der Waals surface area contributed by atoms with E-state index in [4.69, 9.17) is 15.2 Å². The minimum absolute atomic E-state index is 0.0874. The molecule has 0 aliphatic heterocycles. The van der Waals surface area contributed by atoms with Crippen LogP contribution in [-0.4, -0.2) is 43.5 Å². The number of carbonyl (C=O) groups is 2. The number of nitrogens with two attached hydrogens (primary N) is 1. The van der Waals surface area contributed by atoms with E-state index in [0.717, 1.165) is 44.2 Å². The summed E-state index contributed by atoms with van der Waals surface area (Å²) in [6.45, 7) is 0. The van der Waals surface area contributed by atoms with Gasteiger partial charge in [-0.1, -0.05) is 19.3 Å². The Morgan fingerprint density at radius 2 is 1.74 bits per heavy atom. The van der Waals surface area contributed by atoms with Gasteiger partial charge in [-0.3, -0.25) is 9.78 Å². The summed E-state index contributed by atoms with van der Waals surface area (Å²) in [7, 11) is 2.87. The average Bonchev–Trinajstić information content (AvgIpc) is 2.79. The van der Waals surface area contributed by atoms with E-state index in [1.807, 2.05) is 0 Å². The van der Waals surface area contributed by atoms with E-state index in [0.29, 0.717) is 11.3 Å². The molecule has 1 aliphatic rings. The van der Waals surface area contributed by atoms with Gasteiger partial charge in [0.05, 0.1) is 31.7 Å². The summed E-state index contributed by atoms with van der Waals surface area (Å²) in [6.07, 6.45) is 3.19. The van der Waals surface area contributed by atoms with Crippen molar-refractivity contribution in [1.82, 2.24) is 10.3 Å². The second kappa shape index (κ2) is 12.5. The predicted octanol–water partition coefficient (Wildman–Crippen LogP) is 4.24. The summed E-state index contributed by atoms with van der Waals surface area (Å²) in [6, 6.07) is 4.65. The van der Waals surface area contributed by atoms with E-state index in [-0.39, 0.29) is 17.5 Å². The van der Waals surface area contributed by atoms with Gasteiger partial charge in [0, 0.05) is 18.3 Å². The SMILES string of the molecule is COc1ccc(OC(F)(F)F)cc1NC(=O)NC1CCCCC1.COc1cncc(C(N)=O)c1. The van der Waals surface area contributed by atoms with Crippen LogP contribution in [0.1, 0.15) is 42.5 Å². The number of primary amides is 1. The van der Waals surface area contributed by atoms with E-state index < -0.39 is 24.1 Å². The highest BCUT2D eigenvalue weighted by Crippen LogP contribution is 2.32. The van der Waals surface area contributed by atoms with Gasteiger partial charge in [0.2, 0.25) is 5.91 Å². The summed E-state index contributed by atoms with van der Waals surface area (Å²) in [5, 5.41) is 5.33. The Hall–Kier alpha value is -3.70. The molecule has 3 rings (SSSR count). The van der Waals surface area contributed by atoms with Gasteiger partial charge in [-0.25, -0.2) is 4.79 Å². The zero-order chi connectivity index (χ0) is 25.1. The van der Waals surface area contributed by atoms with E-state index in [1.54, 1.807) is 0 Å². The largest absolute Gasteiger partial charge is 0.573 e. The van der Waals surface area contributed by atoms with Crippen molar-refractivity contribution in [2.45, 2.75) is 44.5 Å². The van der Waals surface area contributed by atoms with Crippen LogP contribution in [0.5, 0.6) is 17.2 Å². The molecule has 1 fully saturated rings. The van der Waals surface area contributed by atoms with Crippen molar-refractivity contribution in [2.75, 3.05) is 19.5 Å². The number of nitrogens with zero attached hydrogens (tertiary/aromatic N) is 1. The topological polar surface area (TPSA) is 125 Å². The molecular weight excluding hydrogens is 457 g/mol. The second-order valence-corrected chi connectivity index (χ2v) is 7.32. The molecule has 1 saturated carbocycles. The maximum absolute atomic E-state index is 12.3. The number of hydrogen-bond donors (Lipinski definition) is 3. The van der Waals surface area contributed by atoms with Crippen molar-refractivity contribution in [3.63, 3.8) is 0 Å². The van der Waals surface area contributed by atoms with Crippen LogP contribution >= 0.6 is 0 Å². The lowest BCUT2D eigenvalue weighted by molar-refractivity contribution is -0.274. The van der Waals surface area contributed by atoms with Gasteiger partial charge < -0.3 is 30.6 Å². The van der Waals surface area contributed by atoms with E-state index in [9.17, 15) is 22.8 Å². The van der Waals surface area contributed by atoms with Gasteiger partial charge in [0.1, 0.15) is 17.2 Å². The molecule has 1 aliphatic carbocycles. The zero-order valence-corrected chi connectivity index (χ0v) is 18.8. The fourth-order valence-electron chi connectivity index (χ4n) is 3.24. The fourth-order valence-corrected chi connectivity index (χ4v) is 3.24. The maximum Gasteiger partial charge on any atom is 0.573 e.